The Morgan fingerprint density at radius 3 is 2.52 bits per heavy atom. The third-order valence-electron chi connectivity index (χ3n) is 6.25. The molecule has 162 valence electrons. The fraction of sp³-hybridized carbons (Fsp3) is 0.375. The summed E-state index contributed by atoms with van der Waals surface area (Å²) in [7, 11) is 0. The van der Waals surface area contributed by atoms with E-state index in [2.05, 4.69) is 37.5 Å². The first-order valence-corrected chi connectivity index (χ1v) is 12.5. The molecule has 1 saturated heterocycles. The fourth-order valence-electron chi connectivity index (χ4n) is 4.67. The van der Waals surface area contributed by atoms with Gasteiger partial charge >= 0.3 is 5.97 Å². The van der Waals surface area contributed by atoms with Crippen LogP contribution in [0.25, 0.3) is 10.9 Å². The number of phenols is 1. The van der Waals surface area contributed by atoms with Crippen molar-refractivity contribution in [3.8, 4) is 5.75 Å². The number of carboxylic acids is 1. The van der Waals surface area contributed by atoms with E-state index in [0.29, 0.717) is 33.8 Å². The molecule has 0 atom stereocenters. The maximum Gasteiger partial charge on any atom is 0.338 e. The predicted molar refractivity (Wildman–Crippen MR) is 127 cm³/mol. The Morgan fingerprint density at radius 1 is 1.16 bits per heavy atom. The molecule has 0 radical (unpaired) electrons. The number of likely N-dealkylation sites (tertiary alicyclic amines) is 1. The molecule has 1 aliphatic heterocycles. The molecule has 0 spiro atoms. The molecule has 2 fully saturated rings. The van der Waals surface area contributed by atoms with Crippen molar-refractivity contribution in [1.82, 2.24) is 9.47 Å². The van der Waals surface area contributed by atoms with Gasteiger partial charge in [0.05, 0.1) is 15.6 Å². The molecule has 2 heterocycles. The highest BCUT2D eigenvalue weighted by atomic mass is 79.9. The summed E-state index contributed by atoms with van der Waals surface area (Å²) in [5.74, 6) is -0.173. The van der Waals surface area contributed by atoms with Gasteiger partial charge in [0.25, 0.3) is 0 Å². The predicted octanol–water partition coefficient (Wildman–Crippen LogP) is 6.03. The van der Waals surface area contributed by atoms with Crippen LogP contribution in [-0.4, -0.2) is 38.7 Å². The lowest BCUT2D eigenvalue weighted by molar-refractivity contribution is 0.0697. The Labute approximate surface area is 194 Å². The molecule has 0 unspecified atom stereocenters. The van der Waals surface area contributed by atoms with Crippen LogP contribution in [0.1, 0.15) is 53.3 Å². The zero-order valence-corrected chi connectivity index (χ0v) is 19.6. The number of halogens is 1. The third kappa shape index (κ3) is 3.99. The molecule has 5 rings (SSSR count). The number of aromatic carboxylic acids is 1. The Bertz CT molecular complexity index is 1140. The molecule has 0 amide bonds. The van der Waals surface area contributed by atoms with Gasteiger partial charge in [0.1, 0.15) is 5.75 Å². The van der Waals surface area contributed by atoms with Crippen LogP contribution in [-0.2, 0) is 12.3 Å². The number of fused-ring (bicyclic) bond motifs is 1. The molecule has 31 heavy (non-hydrogen) atoms. The average molecular weight is 501 g/mol. The van der Waals surface area contributed by atoms with E-state index in [0.717, 1.165) is 60.4 Å². The Balaban J connectivity index is 1.68. The van der Waals surface area contributed by atoms with E-state index in [1.54, 1.807) is 11.8 Å². The summed E-state index contributed by atoms with van der Waals surface area (Å²) in [5.41, 5.74) is 2.85. The van der Waals surface area contributed by atoms with Crippen molar-refractivity contribution in [1.29, 1.82) is 0 Å². The molecule has 1 saturated carbocycles. The van der Waals surface area contributed by atoms with Crippen LogP contribution in [0, 0.1) is 0 Å². The SMILES string of the molecule is O=C(O)c1c(CSc2ccccc2)n(C2CC2)c2cc(Br)c(O)c(CN3CCCC3)c12. The van der Waals surface area contributed by atoms with Gasteiger partial charge in [0.15, 0.2) is 0 Å². The smallest absolute Gasteiger partial charge is 0.338 e. The van der Waals surface area contributed by atoms with Crippen LogP contribution in [0.2, 0.25) is 0 Å². The van der Waals surface area contributed by atoms with Gasteiger partial charge < -0.3 is 14.8 Å². The molecule has 0 bridgehead atoms. The van der Waals surface area contributed by atoms with Crippen LogP contribution >= 0.6 is 27.7 Å². The number of carbonyl (C=O) groups is 1. The van der Waals surface area contributed by atoms with Crippen LogP contribution in [0.4, 0.5) is 0 Å². The minimum atomic E-state index is -0.919. The van der Waals surface area contributed by atoms with E-state index in [1.165, 1.54) is 0 Å². The standard InChI is InChI=1S/C24H25BrN2O3S/c25-18-12-19-21(17(23(18)28)13-26-10-4-5-11-26)22(24(29)30)20(27(19)15-8-9-15)14-31-16-6-2-1-3-7-16/h1-3,6-7,12,15,28H,4-5,8-11,13-14H2,(H,29,30). The monoisotopic (exact) mass is 500 g/mol. The number of aromatic nitrogens is 1. The van der Waals surface area contributed by atoms with E-state index in [1.807, 2.05) is 24.3 Å². The summed E-state index contributed by atoms with van der Waals surface area (Å²) in [5, 5.41) is 21.9. The fourth-order valence-corrected chi connectivity index (χ4v) is 6.06. The minimum Gasteiger partial charge on any atom is -0.506 e. The normalized spacial score (nSPS) is 16.9. The number of rotatable bonds is 7. The van der Waals surface area contributed by atoms with Gasteiger partial charge in [-0.1, -0.05) is 18.2 Å². The summed E-state index contributed by atoms with van der Waals surface area (Å²) in [4.78, 5) is 16.0. The maximum absolute atomic E-state index is 12.6. The lowest BCUT2D eigenvalue weighted by atomic mass is 10.0. The van der Waals surface area contributed by atoms with Gasteiger partial charge in [-0.15, -0.1) is 11.8 Å². The molecule has 5 nitrogen and oxygen atoms in total. The number of hydrogen-bond acceptors (Lipinski definition) is 4. The van der Waals surface area contributed by atoms with Crippen LogP contribution in [0.5, 0.6) is 5.75 Å². The number of carboxylic acid groups (broad SMARTS) is 1. The largest absolute Gasteiger partial charge is 0.506 e. The molecular weight excluding hydrogens is 476 g/mol. The zero-order valence-electron chi connectivity index (χ0n) is 17.2. The number of phenolic OH excluding ortho intramolecular Hbond substituents is 1. The number of aromatic hydroxyl groups is 1. The van der Waals surface area contributed by atoms with Crippen molar-refractivity contribution in [2.75, 3.05) is 13.1 Å². The Morgan fingerprint density at radius 2 is 1.87 bits per heavy atom. The molecule has 2 aromatic carbocycles. The summed E-state index contributed by atoms with van der Waals surface area (Å²) in [6.45, 7) is 2.54. The molecule has 2 aliphatic rings. The van der Waals surface area contributed by atoms with E-state index in [9.17, 15) is 15.0 Å². The lowest BCUT2D eigenvalue weighted by Gasteiger charge is -2.18. The van der Waals surface area contributed by atoms with Crippen molar-refractivity contribution in [2.45, 2.75) is 48.9 Å². The van der Waals surface area contributed by atoms with E-state index < -0.39 is 5.97 Å². The van der Waals surface area contributed by atoms with Gasteiger partial charge in [-0.05, 0) is 72.9 Å². The third-order valence-corrected chi connectivity index (χ3v) is 7.88. The molecule has 1 aliphatic carbocycles. The first-order valence-electron chi connectivity index (χ1n) is 10.7. The molecule has 7 heteroatoms. The van der Waals surface area contributed by atoms with Crippen molar-refractivity contribution in [3.05, 3.63) is 57.7 Å². The van der Waals surface area contributed by atoms with Crippen LogP contribution in [0.3, 0.4) is 0 Å². The number of benzene rings is 2. The summed E-state index contributed by atoms with van der Waals surface area (Å²) < 4.78 is 2.86. The van der Waals surface area contributed by atoms with Crippen LogP contribution < -0.4 is 0 Å². The lowest BCUT2D eigenvalue weighted by Crippen LogP contribution is -2.19. The van der Waals surface area contributed by atoms with Crippen molar-refractivity contribution >= 4 is 44.6 Å². The highest BCUT2D eigenvalue weighted by Crippen LogP contribution is 2.47. The highest BCUT2D eigenvalue weighted by Gasteiger charge is 2.34. The second-order valence-corrected chi connectivity index (χ2v) is 10.3. The Kier molecular flexibility index (Phi) is 5.75. The quantitative estimate of drug-likeness (QED) is 0.387. The first kappa shape index (κ1) is 20.9. The topological polar surface area (TPSA) is 65.7 Å². The van der Waals surface area contributed by atoms with Gasteiger partial charge in [0.2, 0.25) is 0 Å². The number of nitrogens with zero attached hydrogens (tertiary/aromatic N) is 2. The van der Waals surface area contributed by atoms with Crippen LogP contribution in [0.15, 0.2) is 45.8 Å². The second-order valence-electron chi connectivity index (χ2n) is 8.39. The molecule has 1 aromatic heterocycles. The van der Waals surface area contributed by atoms with E-state index in [-0.39, 0.29) is 5.75 Å². The number of hydrogen-bond donors (Lipinski definition) is 2. The second kappa shape index (κ2) is 8.52. The average Bonchev–Trinajstić information content (AvgIpc) is 3.35. The first-order chi connectivity index (χ1) is 15.0. The summed E-state index contributed by atoms with van der Waals surface area (Å²) >= 11 is 5.19. The van der Waals surface area contributed by atoms with E-state index in [4.69, 9.17) is 0 Å². The molecular formula is C24H25BrN2O3S. The van der Waals surface area contributed by atoms with Gasteiger partial charge in [-0.25, -0.2) is 4.79 Å². The number of thioether (sulfide) groups is 1. The van der Waals surface area contributed by atoms with Gasteiger partial charge in [-0.3, -0.25) is 4.90 Å². The van der Waals surface area contributed by atoms with E-state index >= 15 is 0 Å². The summed E-state index contributed by atoms with van der Waals surface area (Å²) in [6.07, 6.45) is 4.41. The van der Waals surface area contributed by atoms with Gasteiger partial charge in [-0.2, -0.15) is 0 Å². The van der Waals surface area contributed by atoms with Crippen molar-refractivity contribution in [2.24, 2.45) is 0 Å². The zero-order chi connectivity index (χ0) is 21.5. The van der Waals surface area contributed by atoms with Gasteiger partial charge in [0, 0.05) is 39.9 Å². The Hall–Kier alpha value is -1.96. The molecule has 3 aromatic rings. The van der Waals surface area contributed by atoms with Crippen molar-refractivity contribution in [3.63, 3.8) is 0 Å². The highest BCUT2D eigenvalue weighted by molar-refractivity contribution is 9.10. The van der Waals surface area contributed by atoms with Crippen molar-refractivity contribution < 1.29 is 15.0 Å². The molecule has 2 N–H and O–H groups in total. The minimum absolute atomic E-state index is 0.164. The summed E-state index contributed by atoms with van der Waals surface area (Å²) in [6, 6.07) is 12.3. The maximum atomic E-state index is 12.6.